The Morgan fingerprint density at radius 2 is 2.06 bits per heavy atom. The van der Waals surface area contributed by atoms with Crippen LogP contribution in [0.4, 0.5) is 0 Å². The summed E-state index contributed by atoms with van der Waals surface area (Å²) in [7, 11) is 1.68. The van der Waals surface area contributed by atoms with E-state index in [2.05, 4.69) is 16.7 Å². The Kier molecular flexibility index (Phi) is 8.31. The van der Waals surface area contributed by atoms with Gasteiger partial charge < -0.3 is 29.3 Å². The lowest BCUT2D eigenvalue weighted by atomic mass is 10.1. The number of nitrogens with zero attached hydrogens (tertiary/aromatic N) is 1. The molecule has 1 saturated heterocycles. The molecule has 0 radical (unpaired) electrons. The van der Waals surface area contributed by atoms with E-state index in [1.165, 1.54) is 12.8 Å². The second kappa shape index (κ2) is 11.8. The maximum Gasteiger partial charge on any atom is 0.191 e. The number of methoxy groups -OCH3 is 1. The molecule has 4 rings (SSSR count). The molecule has 1 aromatic carbocycles. The van der Waals surface area contributed by atoms with E-state index in [0.29, 0.717) is 12.5 Å². The molecule has 1 saturated carbocycles. The first kappa shape index (κ1) is 22.5. The first-order valence-corrected chi connectivity index (χ1v) is 11.8. The van der Waals surface area contributed by atoms with Crippen LogP contribution in [0.3, 0.4) is 0 Å². The normalized spacial score (nSPS) is 19.3. The predicted molar refractivity (Wildman–Crippen MR) is 124 cm³/mol. The lowest BCUT2D eigenvalue weighted by Crippen LogP contribution is -2.40. The SMILES string of the molecule is COc1ccc(CN=C(NCCc2ccco2)NCC2CCOC2)c(OC2CCCC2)c1. The van der Waals surface area contributed by atoms with E-state index in [1.54, 1.807) is 13.4 Å². The van der Waals surface area contributed by atoms with Crippen molar-refractivity contribution in [2.45, 2.75) is 51.2 Å². The van der Waals surface area contributed by atoms with Crippen LogP contribution in [0.5, 0.6) is 11.5 Å². The first-order valence-electron chi connectivity index (χ1n) is 11.8. The fraction of sp³-hybridized carbons (Fsp3) is 0.560. The van der Waals surface area contributed by atoms with Crippen molar-refractivity contribution in [1.82, 2.24) is 10.6 Å². The standard InChI is InChI=1S/C25H35N3O4/c1-29-23-9-8-20(24(15-23)32-22-5-2-3-6-22)17-28-25(27-16-19-11-14-30-18-19)26-12-10-21-7-4-13-31-21/h4,7-9,13,15,19,22H,2-3,5-6,10-12,14,16-18H2,1H3,(H2,26,27,28). The first-order chi connectivity index (χ1) is 15.8. The predicted octanol–water partition coefficient (Wildman–Crippen LogP) is 3.92. The largest absolute Gasteiger partial charge is 0.497 e. The maximum atomic E-state index is 6.33. The van der Waals surface area contributed by atoms with Gasteiger partial charge in [-0.05, 0) is 56.4 Å². The van der Waals surface area contributed by atoms with Crippen molar-refractivity contribution in [1.29, 1.82) is 0 Å². The second-order valence-corrected chi connectivity index (χ2v) is 8.53. The highest BCUT2D eigenvalue weighted by atomic mass is 16.5. The summed E-state index contributed by atoms with van der Waals surface area (Å²) in [5, 5.41) is 6.93. The van der Waals surface area contributed by atoms with E-state index in [-0.39, 0.29) is 6.10 Å². The van der Waals surface area contributed by atoms with Gasteiger partial charge in [0.1, 0.15) is 17.3 Å². The second-order valence-electron chi connectivity index (χ2n) is 8.53. The van der Waals surface area contributed by atoms with Crippen molar-refractivity contribution in [2.75, 3.05) is 33.4 Å². The number of aliphatic imine (C=N–C) groups is 1. The van der Waals surface area contributed by atoms with Gasteiger partial charge in [-0.15, -0.1) is 0 Å². The Hall–Kier alpha value is -2.67. The Labute approximate surface area is 190 Å². The van der Waals surface area contributed by atoms with E-state index >= 15 is 0 Å². The molecule has 2 N–H and O–H groups in total. The van der Waals surface area contributed by atoms with Crippen LogP contribution >= 0.6 is 0 Å². The summed E-state index contributed by atoms with van der Waals surface area (Å²) in [6.07, 6.45) is 8.59. The van der Waals surface area contributed by atoms with E-state index < -0.39 is 0 Å². The van der Waals surface area contributed by atoms with E-state index in [9.17, 15) is 0 Å². The van der Waals surface area contributed by atoms with Gasteiger partial charge in [0.15, 0.2) is 5.96 Å². The van der Waals surface area contributed by atoms with Gasteiger partial charge in [-0.1, -0.05) is 0 Å². The smallest absolute Gasteiger partial charge is 0.191 e. The van der Waals surface area contributed by atoms with Crippen molar-refractivity contribution >= 4 is 5.96 Å². The molecular weight excluding hydrogens is 406 g/mol. The summed E-state index contributed by atoms with van der Waals surface area (Å²) in [6.45, 7) is 3.78. The number of guanidine groups is 1. The number of hydrogen-bond donors (Lipinski definition) is 2. The molecule has 2 aliphatic rings. The Balaban J connectivity index is 1.41. The van der Waals surface area contributed by atoms with Gasteiger partial charge in [-0.3, -0.25) is 0 Å². The zero-order valence-electron chi connectivity index (χ0n) is 19.0. The van der Waals surface area contributed by atoms with Crippen LogP contribution in [-0.2, 0) is 17.7 Å². The van der Waals surface area contributed by atoms with Gasteiger partial charge in [0.25, 0.3) is 0 Å². The van der Waals surface area contributed by atoms with Crippen LogP contribution in [0.25, 0.3) is 0 Å². The molecule has 2 aromatic rings. The lowest BCUT2D eigenvalue weighted by Gasteiger charge is -2.18. The topological polar surface area (TPSA) is 77.2 Å². The molecule has 1 aliphatic carbocycles. The molecule has 0 spiro atoms. The summed E-state index contributed by atoms with van der Waals surface area (Å²) in [4.78, 5) is 4.87. The number of rotatable bonds is 10. The maximum absolute atomic E-state index is 6.33. The molecule has 1 aliphatic heterocycles. The third kappa shape index (κ3) is 6.66. The summed E-state index contributed by atoms with van der Waals surface area (Å²) < 4.78 is 22.7. The number of benzene rings is 1. The third-order valence-electron chi connectivity index (χ3n) is 6.10. The highest BCUT2D eigenvalue weighted by Gasteiger charge is 2.19. The van der Waals surface area contributed by atoms with Crippen molar-refractivity contribution in [3.63, 3.8) is 0 Å². The van der Waals surface area contributed by atoms with Crippen LogP contribution in [0.1, 0.15) is 43.4 Å². The molecule has 1 atom stereocenters. The van der Waals surface area contributed by atoms with Crippen molar-refractivity contribution < 1.29 is 18.6 Å². The Morgan fingerprint density at radius 1 is 1.16 bits per heavy atom. The fourth-order valence-electron chi connectivity index (χ4n) is 4.17. The monoisotopic (exact) mass is 441 g/mol. The van der Waals surface area contributed by atoms with Gasteiger partial charge in [0.05, 0.1) is 32.6 Å². The average Bonchev–Trinajstić information content (AvgIpc) is 3.60. The van der Waals surface area contributed by atoms with Gasteiger partial charge in [0.2, 0.25) is 0 Å². The number of furan rings is 1. The molecule has 174 valence electrons. The molecule has 7 heteroatoms. The highest BCUT2D eigenvalue weighted by molar-refractivity contribution is 5.79. The van der Waals surface area contributed by atoms with Gasteiger partial charge in [-0.2, -0.15) is 0 Å². The molecule has 2 heterocycles. The third-order valence-corrected chi connectivity index (χ3v) is 6.10. The van der Waals surface area contributed by atoms with E-state index in [4.69, 9.17) is 23.6 Å². The summed E-state index contributed by atoms with van der Waals surface area (Å²) in [5.41, 5.74) is 1.06. The molecule has 1 unspecified atom stereocenters. The highest BCUT2D eigenvalue weighted by Crippen LogP contribution is 2.30. The molecule has 2 fully saturated rings. The Morgan fingerprint density at radius 3 is 2.81 bits per heavy atom. The number of nitrogens with one attached hydrogen (secondary N) is 2. The zero-order valence-corrected chi connectivity index (χ0v) is 19.0. The van der Waals surface area contributed by atoms with E-state index in [1.807, 2.05) is 24.3 Å². The molecular formula is C25H35N3O4. The van der Waals surface area contributed by atoms with Crippen LogP contribution in [0.15, 0.2) is 46.0 Å². The van der Waals surface area contributed by atoms with E-state index in [0.717, 1.165) is 80.8 Å². The molecule has 32 heavy (non-hydrogen) atoms. The van der Waals surface area contributed by atoms with Gasteiger partial charge >= 0.3 is 0 Å². The van der Waals surface area contributed by atoms with Crippen LogP contribution in [0, 0.1) is 5.92 Å². The summed E-state index contributed by atoms with van der Waals surface area (Å²) >= 11 is 0. The van der Waals surface area contributed by atoms with Crippen molar-refractivity contribution in [2.24, 2.45) is 10.9 Å². The molecule has 0 bridgehead atoms. The molecule has 0 amide bonds. The molecule has 7 nitrogen and oxygen atoms in total. The van der Waals surface area contributed by atoms with Crippen LogP contribution < -0.4 is 20.1 Å². The minimum absolute atomic E-state index is 0.288. The minimum atomic E-state index is 0.288. The minimum Gasteiger partial charge on any atom is -0.497 e. The number of ether oxygens (including phenoxy) is 3. The number of hydrogen-bond acceptors (Lipinski definition) is 5. The van der Waals surface area contributed by atoms with Gasteiger partial charge in [-0.25, -0.2) is 4.99 Å². The zero-order chi connectivity index (χ0) is 22.0. The van der Waals surface area contributed by atoms with Crippen molar-refractivity contribution in [3.05, 3.63) is 47.9 Å². The molecule has 1 aromatic heterocycles. The lowest BCUT2D eigenvalue weighted by molar-refractivity contribution is 0.186. The summed E-state index contributed by atoms with van der Waals surface area (Å²) in [6, 6.07) is 9.91. The fourth-order valence-corrected chi connectivity index (χ4v) is 4.17. The quantitative estimate of drug-likeness (QED) is 0.430. The van der Waals surface area contributed by atoms with Crippen LogP contribution in [0.2, 0.25) is 0 Å². The van der Waals surface area contributed by atoms with Gasteiger partial charge in [0, 0.05) is 43.7 Å². The van der Waals surface area contributed by atoms with Crippen molar-refractivity contribution in [3.8, 4) is 11.5 Å². The van der Waals surface area contributed by atoms with Crippen LogP contribution in [-0.4, -0.2) is 45.5 Å². The summed E-state index contributed by atoms with van der Waals surface area (Å²) in [5.74, 6) is 3.96. The Bertz CT molecular complexity index is 841. The average molecular weight is 442 g/mol.